The SMILES string of the molecule is CSCC[C@H](N)c1nc(-c2ccccc2)no1. The van der Waals surface area contributed by atoms with Gasteiger partial charge in [0.15, 0.2) is 0 Å². The van der Waals surface area contributed by atoms with Crippen molar-refractivity contribution in [1.82, 2.24) is 10.1 Å². The Labute approximate surface area is 105 Å². The predicted molar refractivity (Wildman–Crippen MR) is 69.7 cm³/mol. The molecule has 0 aliphatic carbocycles. The summed E-state index contributed by atoms with van der Waals surface area (Å²) < 4.78 is 5.18. The topological polar surface area (TPSA) is 64.9 Å². The first-order chi connectivity index (χ1) is 8.31. The summed E-state index contributed by atoms with van der Waals surface area (Å²) >= 11 is 1.76. The fourth-order valence-electron chi connectivity index (χ4n) is 1.46. The van der Waals surface area contributed by atoms with E-state index >= 15 is 0 Å². The first kappa shape index (κ1) is 12.1. The third-order valence-electron chi connectivity index (χ3n) is 2.42. The predicted octanol–water partition coefficient (Wildman–Crippen LogP) is 2.49. The van der Waals surface area contributed by atoms with E-state index in [1.54, 1.807) is 11.8 Å². The van der Waals surface area contributed by atoms with Gasteiger partial charge in [0.05, 0.1) is 6.04 Å². The van der Waals surface area contributed by atoms with Crippen molar-refractivity contribution in [2.75, 3.05) is 12.0 Å². The van der Waals surface area contributed by atoms with Crippen LogP contribution in [-0.4, -0.2) is 22.1 Å². The molecule has 17 heavy (non-hydrogen) atoms. The highest BCUT2D eigenvalue weighted by Gasteiger charge is 2.14. The van der Waals surface area contributed by atoms with Crippen LogP contribution in [-0.2, 0) is 0 Å². The molecule has 1 heterocycles. The van der Waals surface area contributed by atoms with Crippen molar-refractivity contribution in [1.29, 1.82) is 0 Å². The Bertz CT molecular complexity index is 458. The summed E-state index contributed by atoms with van der Waals surface area (Å²) in [6, 6.07) is 9.56. The molecule has 2 rings (SSSR count). The smallest absolute Gasteiger partial charge is 0.243 e. The lowest BCUT2D eigenvalue weighted by atomic mass is 10.2. The molecular weight excluding hydrogens is 234 g/mol. The van der Waals surface area contributed by atoms with Crippen molar-refractivity contribution in [3.05, 3.63) is 36.2 Å². The van der Waals surface area contributed by atoms with Gasteiger partial charge < -0.3 is 10.3 Å². The van der Waals surface area contributed by atoms with Gasteiger partial charge in [0, 0.05) is 5.56 Å². The molecule has 1 aromatic carbocycles. The highest BCUT2D eigenvalue weighted by Crippen LogP contribution is 2.19. The summed E-state index contributed by atoms with van der Waals surface area (Å²) in [5.41, 5.74) is 6.91. The van der Waals surface area contributed by atoms with Gasteiger partial charge in [-0.1, -0.05) is 35.5 Å². The van der Waals surface area contributed by atoms with Gasteiger partial charge in [-0.05, 0) is 18.4 Å². The molecular formula is C12H15N3OS. The van der Waals surface area contributed by atoms with Crippen molar-refractivity contribution >= 4 is 11.8 Å². The lowest BCUT2D eigenvalue weighted by Gasteiger charge is -2.03. The van der Waals surface area contributed by atoms with Crippen LogP contribution in [0, 0.1) is 0 Å². The molecule has 1 aromatic heterocycles. The molecule has 4 nitrogen and oxygen atoms in total. The Hall–Kier alpha value is -1.33. The maximum Gasteiger partial charge on any atom is 0.243 e. The van der Waals surface area contributed by atoms with E-state index in [0.29, 0.717) is 11.7 Å². The molecule has 0 radical (unpaired) electrons. The standard InChI is InChI=1S/C12H15N3OS/c1-17-8-7-10(13)12-14-11(15-16-12)9-5-3-2-4-6-9/h2-6,10H,7-8,13H2,1H3/t10-/m0/s1. The van der Waals surface area contributed by atoms with Crippen molar-refractivity contribution in [3.63, 3.8) is 0 Å². The molecule has 0 saturated carbocycles. The summed E-state index contributed by atoms with van der Waals surface area (Å²) in [5, 5.41) is 3.94. The zero-order chi connectivity index (χ0) is 12.1. The second kappa shape index (κ2) is 5.84. The number of aromatic nitrogens is 2. The Kier molecular flexibility index (Phi) is 4.17. The second-order valence-corrected chi connectivity index (χ2v) is 4.70. The first-order valence-corrected chi connectivity index (χ1v) is 6.84. The van der Waals surface area contributed by atoms with Crippen molar-refractivity contribution in [2.24, 2.45) is 5.73 Å². The Morgan fingerprint density at radius 2 is 2.12 bits per heavy atom. The lowest BCUT2D eigenvalue weighted by molar-refractivity contribution is 0.353. The number of thioether (sulfide) groups is 1. The monoisotopic (exact) mass is 249 g/mol. The largest absolute Gasteiger partial charge is 0.337 e. The molecule has 0 aliphatic rings. The van der Waals surface area contributed by atoms with E-state index in [9.17, 15) is 0 Å². The van der Waals surface area contributed by atoms with Crippen molar-refractivity contribution in [3.8, 4) is 11.4 Å². The van der Waals surface area contributed by atoms with Crippen LogP contribution < -0.4 is 5.73 Å². The minimum Gasteiger partial charge on any atom is -0.337 e. The average molecular weight is 249 g/mol. The molecule has 0 saturated heterocycles. The molecule has 0 bridgehead atoms. The van der Waals surface area contributed by atoms with E-state index in [1.165, 1.54) is 0 Å². The minimum absolute atomic E-state index is 0.174. The van der Waals surface area contributed by atoms with Crippen molar-refractivity contribution < 1.29 is 4.52 Å². The number of hydrogen-bond acceptors (Lipinski definition) is 5. The van der Waals surface area contributed by atoms with E-state index in [0.717, 1.165) is 17.7 Å². The molecule has 0 amide bonds. The highest BCUT2D eigenvalue weighted by molar-refractivity contribution is 7.98. The van der Waals surface area contributed by atoms with E-state index < -0.39 is 0 Å². The van der Waals surface area contributed by atoms with E-state index in [-0.39, 0.29) is 6.04 Å². The average Bonchev–Trinajstić information content (AvgIpc) is 2.86. The summed E-state index contributed by atoms with van der Waals surface area (Å²) in [4.78, 5) is 4.32. The summed E-state index contributed by atoms with van der Waals surface area (Å²) in [6.45, 7) is 0. The Morgan fingerprint density at radius 3 is 2.82 bits per heavy atom. The van der Waals surface area contributed by atoms with Crippen molar-refractivity contribution in [2.45, 2.75) is 12.5 Å². The van der Waals surface area contributed by atoms with Gasteiger partial charge in [-0.25, -0.2) is 0 Å². The van der Waals surface area contributed by atoms with Crippen LogP contribution in [0.25, 0.3) is 11.4 Å². The van der Waals surface area contributed by atoms with E-state index in [1.807, 2.05) is 30.3 Å². The Morgan fingerprint density at radius 1 is 1.35 bits per heavy atom. The van der Waals surface area contributed by atoms with Crippen LogP contribution in [0.3, 0.4) is 0 Å². The fraction of sp³-hybridized carbons (Fsp3) is 0.333. The number of nitrogens with zero attached hydrogens (tertiary/aromatic N) is 2. The number of nitrogens with two attached hydrogens (primary N) is 1. The van der Waals surface area contributed by atoms with Crippen LogP contribution in [0.15, 0.2) is 34.9 Å². The normalized spacial score (nSPS) is 12.6. The zero-order valence-corrected chi connectivity index (χ0v) is 10.5. The maximum atomic E-state index is 5.96. The molecule has 1 atom stereocenters. The van der Waals surface area contributed by atoms with Gasteiger partial charge in [0.2, 0.25) is 11.7 Å². The van der Waals surface area contributed by atoms with Gasteiger partial charge in [-0.2, -0.15) is 16.7 Å². The third-order valence-corrected chi connectivity index (χ3v) is 3.07. The number of hydrogen-bond donors (Lipinski definition) is 1. The van der Waals surface area contributed by atoms with Crippen LogP contribution in [0.1, 0.15) is 18.4 Å². The molecule has 2 aromatic rings. The molecule has 0 spiro atoms. The second-order valence-electron chi connectivity index (χ2n) is 3.71. The van der Waals surface area contributed by atoms with Crippen LogP contribution in [0.4, 0.5) is 0 Å². The van der Waals surface area contributed by atoms with Gasteiger partial charge in [0.25, 0.3) is 0 Å². The lowest BCUT2D eigenvalue weighted by Crippen LogP contribution is -2.11. The quantitative estimate of drug-likeness (QED) is 0.882. The van der Waals surface area contributed by atoms with Gasteiger partial charge >= 0.3 is 0 Å². The molecule has 0 fully saturated rings. The van der Waals surface area contributed by atoms with Crippen LogP contribution >= 0.6 is 11.8 Å². The molecule has 2 N–H and O–H groups in total. The summed E-state index contributed by atoms with van der Waals surface area (Å²) in [5.74, 6) is 2.10. The summed E-state index contributed by atoms with van der Waals surface area (Å²) in [6.07, 6.45) is 2.90. The van der Waals surface area contributed by atoms with Gasteiger partial charge in [-0.15, -0.1) is 0 Å². The Balaban J connectivity index is 2.11. The van der Waals surface area contributed by atoms with E-state index in [4.69, 9.17) is 10.3 Å². The molecule has 0 unspecified atom stereocenters. The van der Waals surface area contributed by atoms with Gasteiger partial charge in [-0.3, -0.25) is 0 Å². The zero-order valence-electron chi connectivity index (χ0n) is 9.67. The molecule has 5 heteroatoms. The fourth-order valence-corrected chi connectivity index (χ4v) is 1.95. The number of benzene rings is 1. The molecule has 0 aliphatic heterocycles. The first-order valence-electron chi connectivity index (χ1n) is 5.45. The van der Waals surface area contributed by atoms with Gasteiger partial charge in [0.1, 0.15) is 0 Å². The number of rotatable bonds is 5. The highest BCUT2D eigenvalue weighted by atomic mass is 32.2. The van der Waals surface area contributed by atoms with E-state index in [2.05, 4.69) is 16.4 Å². The van der Waals surface area contributed by atoms with Crippen LogP contribution in [0.2, 0.25) is 0 Å². The maximum absolute atomic E-state index is 5.96. The third kappa shape index (κ3) is 3.08. The molecule has 90 valence electrons. The minimum atomic E-state index is -0.174. The summed E-state index contributed by atoms with van der Waals surface area (Å²) in [7, 11) is 0. The van der Waals surface area contributed by atoms with Crippen LogP contribution in [0.5, 0.6) is 0 Å².